The molecule has 4 rings (SSSR count). The van der Waals surface area contributed by atoms with Crippen LogP contribution in [0.25, 0.3) is 28.1 Å². The molecule has 1 atom stereocenters. The first-order valence-electron chi connectivity index (χ1n) is 9.17. The van der Waals surface area contributed by atoms with Crippen LogP contribution < -0.4 is 0 Å². The van der Waals surface area contributed by atoms with Crippen molar-refractivity contribution in [2.75, 3.05) is 0 Å². The van der Waals surface area contributed by atoms with Gasteiger partial charge in [0.15, 0.2) is 11.6 Å². The Morgan fingerprint density at radius 2 is 2.07 bits per heavy atom. The smallest absolute Gasteiger partial charge is 0.166 e. The Balaban J connectivity index is 1.67. The molecule has 0 aliphatic heterocycles. The molecule has 0 radical (unpaired) electrons. The van der Waals surface area contributed by atoms with E-state index in [0.29, 0.717) is 17.8 Å². The Labute approximate surface area is 162 Å². The second-order valence-electron chi connectivity index (χ2n) is 7.22. The number of aromatic amines is 1. The Morgan fingerprint density at radius 1 is 1.21 bits per heavy atom. The number of carbonyl (C=O) groups is 1. The van der Waals surface area contributed by atoms with Gasteiger partial charge in [-0.2, -0.15) is 5.10 Å². The number of aromatic nitrogens is 5. The van der Waals surface area contributed by atoms with Gasteiger partial charge in [0.2, 0.25) is 0 Å². The second-order valence-corrected chi connectivity index (χ2v) is 7.22. The summed E-state index contributed by atoms with van der Waals surface area (Å²) in [5, 5.41) is 18.0. The zero-order valence-electron chi connectivity index (χ0n) is 15.7. The molecule has 0 bridgehead atoms. The molecule has 0 aliphatic rings. The van der Waals surface area contributed by atoms with Crippen LogP contribution >= 0.6 is 0 Å². The number of pyridine rings is 1. The van der Waals surface area contributed by atoms with Gasteiger partial charge in [0.1, 0.15) is 18.1 Å². The lowest BCUT2D eigenvalue weighted by Gasteiger charge is -2.12. The zero-order chi connectivity index (χ0) is 19.7. The molecular weight excluding hydrogens is 354 g/mol. The van der Waals surface area contributed by atoms with E-state index < -0.39 is 6.10 Å². The Morgan fingerprint density at radius 3 is 2.82 bits per heavy atom. The molecule has 0 amide bonds. The van der Waals surface area contributed by atoms with Crippen LogP contribution in [0, 0.1) is 5.92 Å². The number of H-pyrrole nitrogens is 1. The van der Waals surface area contributed by atoms with Crippen molar-refractivity contribution < 1.29 is 9.90 Å². The SMILES string of the molecule is CC(C)CC(=O)[C@@H](O)c1cnc2c(ccn2-c2cccc(-c3ncn[nH]3)c2)c1. The molecular formula is C21H21N5O2. The van der Waals surface area contributed by atoms with E-state index >= 15 is 0 Å². The molecule has 7 heteroatoms. The second kappa shape index (κ2) is 7.36. The summed E-state index contributed by atoms with van der Waals surface area (Å²) in [4.78, 5) is 20.9. The van der Waals surface area contributed by atoms with Crippen molar-refractivity contribution in [2.24, 2.45) is 5.92 Å². The van der Waals surface area contributed by atoms with E-state index in [-0.39, 0.29) is 11.7 Å². The molecule has 0 fully saturated rings. The molecule has 0 aliphatic carbocycles. The van der Waals surface area contributed by atoms with Crippen molar-refractivity contribution >= 4 is 16.8 Å². The zero-order valence-corrected chi connectivity index (χ0v) is 15.7. The molecule has 142 valence electrons. The van der Waals surface area contributed by atoms with Gasteiger partial charge in [-0.05, 0) is 30.2 Å². The summed E-state index contributed by atoms with van der Waals surface area (Å²) >= 11 is 0. The monoisotopic (exact) mass is 375 g/mol. The number of nitrogens with zero attached hydrogens (tertiary/aromatic N) is 4. The van der Waals surface area contributed by atoms with Crippen LogP contribution in [0.4, 0.5) is 0 Å². The third-order valence-corrected chi connectivity index (χ3v) is 4.59. The number of Topliss-reactive ketones (excluding diaryl/α,β-unsaturated/α-hetero) is 1. The van der Waals surface area contributed by atoms with Crippen LogP contribution in [-0.4, -0.2) is 35.6 Å². The van der Waals surface area contributed by atoms with Crippen LogP contribution in [-0.2, 0) is 4.79 Å². The third-order valence-electron chi connectivity index (χ3n) is 4.59. The molecule has 1 aromatic carbocycles. The average Bonchev–Trinajstić information content (AvgIpc) is 3.36. The first-order chi connectivity index (χ1) is 13.5. The summed E-state index contributed by atoms with van der Waals surface area (Å²) in [5.41, 5.74) is 3.12. The minimum absolute atomic E-state index is 0.185. The van der Waals surface area contributed by atoms with Gasteiger partial charge >= 0.3 is 0 Å². The first kappa shape index (κ1) is 18.1. The maximum Gasteiger partial charge on any atom is 0.166 e. The van der Waals surface area contributed by atoms with Crippen molar-refractivity contribution in [1.82, 2.24) is 24.7 Å². The first-order valence-corrected chi connectivity index (χ1v) is 9.17. The molecule has 0 unspecified atom stereocenters. The number of nitrogens with one attached hydrogen (secondary N) is 1. The van der Waals surface area contributed by atoms with Crippen molar-refractivity contribution in [1.29, 1.82) is 0 Å². The third kappa shape index (κ3) is 3.44. The lowest BCUT2D eigenvalue weighted by Crippen LogP contribution is -2.14. The lowest BCUT2D eigenvalue weighted by atomic mass is 9.99. The van der Waals surface area contributed by atoms with Crippen LogP contribution in [0.5, 0.6) is 0 Å². The van der Waals surface area contributed by atoms with Gasteiger partial charge in [-0.3, -0.25) is 9.89 Å². The number of hydrogen-bond donors (Lipinski definition) is 2. The number of carbonyl (C=O) groups excluding carboxylic acids is 1. The number of hydrogen-bond acceptors (Lipinski definition) is 5. The summed E-state index contributed by atoms with van der Waals surface area (Å²) in [6.07, 6.45) is 4.17. The normalized spacial score (nSPS) is 12.6. The predicted molar refractivity (Wildman–Crippen MR) is 106 cm³/mol. The van der Waals surface area contributed by atoms with Gasteiger partial charge in [0.05, 0.1) is 0 Å². The summed E-state index contributed by atoms with van der Waals surface area (Å²) in [7, 11) is 0. The summed E-state index contributed by atoms with van der Waals surface area (Å²) < 4.78 is 1.96. The van der Waals surface area contributed by atoms with E-state index in [2.05, 4.69) is 20.2 Å². The maximum absolute atomic E-state index is 12.2. The molecule has 0 saturated carbocycles. The highest BCUT2D eigenvalue weighted by molar-refractivity contribution is 5.86. The van der Waals surface area contributed by atoms with Crippen LogP contribution in [0.1, 0.15) is 31.9 Å². The number of aliphatic hydroxyl groups is 1. The molecule has 0 saturated heterocycles. The van der Waals surface area contributed by atoms with Crippen molar-refractivity contribution in [3.63, 3.8) is 0 Å². The summed E-state index contributed by atoms with van der Waals surface area (Å²) in [6, 6.07) is 11.6. The number of rotatable bonds is 6. The standard InChI is InChI=1S/C21H21N5O2/c1-13(2)8-18(27)19(28)16-9-15-6-7-26(21(15)22-11-16)17-5-3-4-14(10-17)20-23-12-24-25-20/h3-7,9-13,19,28H,8H2,1-2H3,(H,23,24,25)/t19-/m0/s1. The van der Waals surface area contributed by atoms with Crippen molar-refractivity contribution in [3.8, 4) is 17.1 Å². The van der Waals surface area contributed by atoms with Gasteiger partial charge in [-0.1, -0.05) is 26.0 Å². The van der Waals surface area contributed by atoms with Gasteiger partial charge < -0.3 is 9.67 Å². The highest BCUT2D eigenvalue weighted by Crippen LogP contribution is 2.25. The summed E-state index contributed by atoms with van der Waals surface area (Å²) in [6.45, 7) is 3.91. The molecule has 7 nitrogen and oxygen atoms in total. The summed E-state index contributed by atoms with van der Waals surface area (Å²) in [5.74, 6) is 0.715. The van der Waals surface area contributed by atoms with Crippen LogP contribution in [0.15, 0.2) is 55.1 Å². The van der Waals surface area contributed by atoms with E-state index in [1.54, 1.807) is 6.20 Å². The Hall–Kier alpha value is -3.32. The van der Waals surface area contributed by atoms with Gasteiger partial charge in [0.25, 0.3) is 0 Å². The fraction of sp³-hybridized carbons (Fsp3) is 0.238. The van der Waals surface area contributed by atoms with E-state index in [9.17, 15) is 9.90 Å². The van der Waals surface area contributed by atoms with Crippen LogP contribution in [0.2, 0.25) is 0 Å². The topological polar surface area (TPSA) is 96.7 Å². The molecule has 0 spiro atoms. The molecule has 28 heavy (non-hydrogen) atoms. The predicted octanol–water partition coefficient (Wildman–Crippen LogP) is 3.46. The molecule has 4 aromatic rings. The van der Waals surface area contributed by atoms with Gasteiger partial charge in [0, 0.05) is 41.0 Å². The van der Waals surface area contributed by atoms with Gasteiger partial charge in [-0.25, -0.2) is 9.97 Å². The quantitative estimate of drug-likeness (QED) is 0.538. The number of ketones is 1. The number of benzene rings is 1. The molecule has 3 aromatic heterocycles. The number of fused-ring (bicyclic) bond motifs is 1. The van der Waals surface area contributed by atoms with Crippen molar-refractivity contribution in [3.05, 3.63) is 60.7 Å². The van der Waals surface area contributed by atoms with Crippen LogP contribution in [0.3, 0.4) is 0 Å². The Kier molecular flexibility index (Phi) is 4.75. The highest BCUT2D eigenvalue weighted by atomic mass is 16.3. The molecule has 3 heterocycles. The molecule has 2 N–H and O–H groups in total. The van der Waals surface area contributed by atoms with E-state index in [4.69, 9.17) is 0 Å². The van der Waals surface area contributed by atoms with E-state index in [1.165, 1.54) is 6.33 Å². The minimum Gasteiger partial charge on any atom is -0.380 e. The minimum atomic E-state index is -1.14. The fourth-order valence-electron chi connectivity index (χ4n) is 3.25. The maximum atomic E-state index is 12.2. The number of aliphatic hydroxyl groups excluding tert-OH is 1. The lowest BCUT2D eigenvalue weighted by molar-refractivity contribution is -0.128. The fourth-order valence-corrected chi connectivity index (χ4v) is 3.25. The van der Waals surface area contributed by atoms with Crippen molar-refractivity contribution in [2.45, 2.75) is 26.4 Å². The Bertz CT molecular complexity index is 1120. The largest absolute Gasteiger partial charge is 0.380 e. The van der Waals surface area contributed by atoms with E-state index in [0.717, 1.165) is 22.3 Å². The highest BCUT2D eigenvalue weighted by Gasteiger charge is 2.19. The average molecular weight is 375 g/mol. The van der Waals surface area contributed by atoms with Gasteiger partial charge in [-0.15, -0.1) is 0 Å². The van der Waals surface area contributed by atoms with E-state index in [1.807, 2.05) is 61.0 Å².